The van der Waals surface area contributed by atoms with Gasteiger partial charge in [-0.3, -0.25) is 14.4 Å². The summed E-state index contributed by atoms with van der Waals surface area (Å²) in [6, 6.07) is 3.14. The van der Waals surface area contributed by atoms with Crippen LogP contribution in [-0.4, -0.2) is 51.0 Å². The molecule has 3 atom stereocenters. The van der Waals surface area contributed by atoms with Crippen molar-refractivity contribution in [1.82, 2.24) is 10.6 Å². The third kappa shape index (κ3) is 9.02. The second-order valence-corrected chi connectivity index (χ2v) is 11.6. The molecule has 0 aliphatic rings. The molecule has 0 bridgehead atoms. The van der Waals surface area contributed by atoms with Crippen molar-refractivity contribution >= 4 is 44.1 Å². The van der Waals surface area contributed by atoms with Crippen LogP contribution in [0.2, 0.25) is 0 Å². The largest absolute Gasteiger partial charge is 0.392 e. The number of aliphatic hydroxyl groups excluding tert-OH is 2. The van der Waals surface area contributed by atoms with Crippen LogP contribution >= 0.6 is 0 Å². The first-order valence-electron chi connectivity index (χ1n) is 9.98. The lowest BCUT2D eigenvalue weighted by molar-refractivity contribution is -0.130. The first kappa shape index (κ1) is 27.2. The van der Waals surface area contributed by atoms with Gasteiger partial charge in [-0.2, -0.15) is 0 Å². The van der Waals surface area contributed by atoms with Gasteiger partial charge in [0.25, 0.3) is 0 Å². The predicted octanol–water partition coefficient (Wildman–Crippen LogP) is 0.888. The van der Waals surface area contributed by atoms with Crippen LogP contribution in [-0.2, 0) is 48.2 Å². The fourth-order valence-electron chi connectivity index (χ4n) is 2.61. The Balaban J connectivity index is 2.59. The lowest BCUT2D eigenvalue weighted by Crippen LogP contribution is -2.50. The Morgan fingerprint density at radius 2 is 1.52 bits per heavy atom. The Labute approximate surface area is 190 Å². The molecule has 0 spiro atoms. The van der Waals surface area contributed by atoms with Gasteiger partial charge in [-0.1, -0.05) is 31.1 Å². The molecule has 10 heteroatoms. The minimum Gasteiger partial charge on any atom is -0.392 e. The van der Waals surface area contributed by atoms with Crippen LogP contribution < -0.4 is 16.0 Å². The number of nitrogens with one attached hydrogen (secondary N) is 3. The van der Waals surface area contributed by atoms with Gasteiger partial charge in [0.05, 0.1) is 13.2 Å². The average Bonchev–Trinajstić information content (AvgIpc) is 2.71. The molecule has 0 saturated carbocycles. The highest BCUT2D eigenvalue weighted by atomic mass is 32.8. The van der Waals surface area contributed by atoms with Gasteiger partial charge in [-0.05, 0) is 49.8 Å². The zero-order valence-electron chi connectivity index (χ0n) is 18.7. The number of benzene rings is 1. The quantitative estimate of drug-likeness (QED) is 0.326. The predicted molar refractivity (Wildman–Crippen MR) is 126 cm³/mol. The van der Waals surface area contributed by atoms with Crippen LogP contribution in [0.4, 0.5) is 5.69 Å². The van der Waals surface area contributed by atoms with E-state index in [9.17, 15) is 24.6 Å². The first-order valence-corrected chi connectivity index (χ1v) is 12.5. The van der Waals surface area contributed by atoms with Gasteiger partial charge in [-0.15, -0.1) is 9.45 Å². The molecule has 5 N–H and O–H groups in total. The van der Waals surface area contributed by atoms with Gasteiger partial charge < -0.3 is 26.2 Å². The molecule has 1 aromatic rings. The van der Waals surface area contributed by atoms with E-state index in [1.165, 1.54) is 6.92 Å². The topological polar surface area (TPSA) is 128 Å². The zero-order chi connectivity index (χ0) is 23.8. The number of anilines is 1. The summed E-state index contributed by atoms with van der Waals surface area (Å²) in [5, 5.41) is 26.5. The third-order valence-electron chi connectivity index (χ3n) is 4.94. The standard InChI is InChI=1S/C21H33N3O5S2/c1-13(22-18(27)6-7-21(3,4)31(5)30)19(28)23-14(2)20(29)24-17-9-15(11-25)8-16(10-17)12-26/h8-10,13-14,25-26H,6-7,11-12H2,1-5H3,(H,22,27)(H,23,28)(H,24,29)/t13-,14-,31?/m0/s1. The molecule has 31 heavy (non-hydrogen) atoms. The van der Waals surface area contributed by atoms with Gasteiger partial charge >= 0.3 is 0 Å². The summed E-state index contributed by atoms with van der Waals surface area (Å²) >= 11 is 5.31. The van der Waals surface area contributed by atoms with Crippen LogP contribution in [0.15, 0.2) is 18.2 Å². The minimum absolute atomic E-state index is 0.131. The summed E-state index contributed by atoms with van der Waals surface area (Å²) in [7, 11) is -0.247. The first-order chi connectivity index (χ1) is 14.4. The average molecular weight is 472 g/mol. The van der Waals surface area contributed by atoms with Crippen LogP contribution in [0.3, 0.4) is 0 Å². The molecule has 0 saturated heterocycles. The molecule has 1 rings (SSSR count). The van der Waals surface area contributed by atoms with Gasteiger partial charge in [0.2, 0.25) is 17.7 Å². The number of carbonyl (C=O) groups excluding carboxylic acids is 3. The fourth-order valence-corrected chi connectivity index (χ4v) is 3.25. The van der Waals surface area contributed by atoms with Crippen molar-refractivity contribution in [2.24, 2.45) is 0 Å². The summed E-state index contributed by atoms with van der Waals surface area (Å²) < 4.78 is -0.131. The van der Waals surface area contributed by atoms with Crippen molar-refractivity contribution in [2.45, 2.75) is 70.6 Å². The number of hydrogen-bond acceptors (Lipinski definition) is 6. The third-order valence-corrected chi connectivity index (χ3v) is 8.05. The SMILES string of the molecule is C[C@H](NC(=O)CCC(C)(C)S(C)=S)C(=O)N[C@@H](C)C(=O)Nc1cc(CO)cc(CO)c1. The lowest BCUT2D eigenvalue weighted by Gasteiger charge is -2.24. The maximum absolute atomic E-state index is 12.4. The highest BCUT2D eigenvalue weighted by Gasteiger charge is 2.24. The number of rotatable bonds is 11. The molecule has 1 aromatic carbocycles. The highest BCUT2D eigenvalue weighted by Crippen LogP contribution is 2.19. The summed E-state index contributed by atoms with van der Waals surface area (Å²) in [6.07, 6.45) is 2.85. The molecular formula is C21H33N3O5S2. The van der Waals surface area contributed by atoms with Crippen molar-refractivity contribution in [3.63, 3.8) is 0 Å². The molecule has 3 amide bonds. The van der Waals surface area contributed by atoms with E-state index < -0.39 is 23.9 Å². The monoisotopic (exact) mass is 471 g/mol. The number of hydrogen-bond donors (Lipinski definition) is 5. The maximum atomic E-state index is 12.4. The molecule has 0 aliphatic heterocycles. The molecule has 0 aromatic heterocycles. The fraction of sp³-hybridized carbons (Fsp3) is 0.571. The van der Waals surface area contributed by atoms with E-state index in [4.69, 9.17) is 11.2 Å². The minimum atomic E-state index is -0.858. The van der Waals surface area contributed by atoms with E-state index in [1.54, 1.807) is 25.1 Å². The van der Waals surface area contributed by atoms with Crippen LogP contribution in [0.1, 0.15) is 51.7 Å². The van der Waals surface area contributed by atoms with Crippen molar-refractivity contribution in [3.05, 3.63) is 29.3 Å². The molecular weight excluding hydrogens is 438 g/mol. The van der Waals surface area contributed by atoms with Gasteiger partial charge in [0.15, 0.2) is 0 Å². The lowest BCUT2D eigenvalue weighted by atomic mass is 10.1. The number of carbonyl (C=O) groups is 3. The Kier molecular flexibility index (Phi) is 10.7. The molecule has 0 heterocycles. The smallest absolute Gasteiger partial charge is 0.246 e. The van der Waals surface area contributed by atoms with Crippen molar-refractivity contribution in [3.8, 4) is 0 Å². The Morgan fingerprint density at radius 3 is 2.00 bits per heavy atom. The van der Waals surface area contributed by atoms with E-state index in [0.717, 1.165) is 0 Å². The highest BCUT2D eigenvalue weighted by molar-refractivity contribution is 8.29. The van der Waals surface area contributed by atoms with E-state index in [1.807, 2.05) is 20.1 Å². The Morgan fingerprint density at radius 1 is 1.00 bits per heavy atom. The van der Waals surface area contributed by atoms with Crippen LogP contribution in [0.5, 0.6) is 0 Å². The van der Waals surface area contributed by atoms with E-state index >= 15 is 0 Å². The van der Waals surface area contributed by atoms with E-state index in [2.05, 4.69) is 16.0 Å². The molecule has 8 nitrogen and oxygen atoms in total. The van der Waals surface area contributed by atoms with Crippen molar-refractivity contribution in [1.29, 1.82) is 0 Å². The Hall–Kier alpha value is -1.88. The summed E-state index contributed by atoms with van der Waals surface area (Å²) in [5.41, 5.74) is 1.50. The number of aliphatic hydroxyl groups is 2. The summed E-state index contributed by atoms with van der Waals surface area (Å²) in [6.45, 7) is 6.66. The van der Waals surface area contributed by atoms with Gasteiger partial charge in [-0.25, -0.2) is 0 Å². The Bertz CT molecular complexity index is 807. The second-order valence-electron chi connectivity index (χ2n) is 8.08. The van der Waals surface area contributed by atoms with Crippen molar-refractivity contribution in [2.75, 3.05) is 11.6 Å². The van der Waals surface area contributed by atoms with E-state index in [-0.39, 0.29) is 39.7 Å². The number of amides is 3. The molecule has 174 valence electrons. The molecule has 0 radical (unpaired) electrons. The second kappa shape index (κ2) is 12.2. The summed E-state index contributed by atoms with van der Waals surface area (Å²) in [5.74, 6) is -1.19. The van der Waals surface area contributed by atoms with Gasteiger partial charge in [0.1, 0.15) is 12.1 Å². The zero-order valence-corrected chi connectivity index (χ0v) is 20.3. The van der Waals surface area contributed by atoms with Crippen molar-refractivity contribution < 1.29 is 24.6 Å². The normalized spacial score (nSPS) is 14.3. The summed E-state index contributed by atoms with van der Waals surface area (Å²) in [4.78, 5) is 37.0. The van der Waals surface area contributed by atoms with Crippen LogP contribution in [0, 0.1) is 0 Å². The maximum Gasteiger partial charge on any atom is 0.246 e. The van der Waals surface area contributed by atoms with Gasteiger partial charge in [0, 0.05) is 16.9 Å². The molecule has 1 unspecified atom stereocenters. The molecule has 0 fully saturated rings. The van der Waals surface area contributed by atoms with Crippen LogP contribution in [0.25, 0.3) is 0 Å². The van der Waals surface area contributed by atoms with E-state index in [0.29, 0.717) is 23.2 Å². The molecule has 0 aliphatic carbocycles.